The SMILES string of the molecule is COc1ccc(C(=O)N2CCC(C)CC2C(=O)O)c(OC)c1. The van der Waals surface area contributed by atoms with Gasteiger partial charge in [-0.2, -0.15) is 0 Å². The smallest absolute Gasteiger partial charge is 0.326 e. The molecule has 6 nitrogen and oxygen atoms in total. The van der Waals surface area contributed by atoms with E-state index < -0.39 is 12.0 Å². The van der Waals surface area contributed by atoms with Crippen LogP contribution in [-0.4, -0.2) is 48.7 Å². The number of rotatable bonds is 4. The lowest BCUT2D eigenvalue weighted by atomic mass is 9.92. The predicted octanol–water partition coefficient (Wildman–Crippen LogP) is 2.03. The highest BCUT2D eigenvalue weighted by molar-refractivity contribution is 5.99. The Kier molecular flexibility index (Phi) is 4.90. The lowest BCUT2D eigenvalue weighted by Gasteiger charge is -2.36. The Morgan fingerprint density at radius 3 is 2.59 bits per heavy atom. The number of ether oxygens (including phenoxy) is 2. The van der Waals surface area contributed by atoms with Gasteiger partial charge in [-0.15, -0.1) is 0 Å². The molecule has 120 valence electrons. The number of aliphatic carboxylic acids is 1. The lowest BCUT2D eigenvalue weighted by Crippen LogP contribution is -2.49. The minimum absolute atomic E-state index is 0.294. The third kappa shape index (κ3) is 3.16. The Morgan fingerprint density at radius 2 is 2.00 bits per heavy atom. The maximum Gasteiger partial charge on any atom is 0.326 e. The monoisotopic (exact) mass is 307 g/mol. The molecule has 1 aliphatic rings. The van der Waals surface area contributed by atoms with Crippen LogP contribution in [0.3, 0.4) is 0 Å². The van der Waals surface area contributed by atoms with Gasteiger partial charge >= 0.3 is 5.97 Å². The van der Waals surface area contributed by atoms with Crippen molar-refractivity contribution in [1.82, 2.24) is 4.90 Å². The van der Waals surface area contributed by atoms with Crippen molar-refractivity contribution in [2.24, 2.45) is 5.92 Å². The maximum atomic E-state index is 12.7. The van der Waals surface area contributed by atoms with Crippen molar-refractivity contribution in [2.45, 2.75) is 25.8 Å². The average molecular weight is 307 g/mol. The molecule has 0 aliphatic carbocycles. The molecule has 0 spiro atoms. The summed E-state index contributed by atoms with van der Waals surface area (Å²) in [6.07, 6.45) is 1.27. The van der Waals surface area contributed by atoms with Crippen LogP contribution in [0.25, 0.3) is 0 Å². The molecule has 1 aromatic carbocycles. The standard InChI is InChI=1S/C16H21NO5/c1-10-6-7-17(13(8-10)16(19)20)15(18)12-5-4-11(21-2)9-14(12)22-3/h4-5,9-10,13H,6-8H2,1-3H3,(H,19,20). The van der Waals surface area contributed by atoms with Crippen LogP contribution in [-0.2, 0) is 4.79 Å². The van der Waals surface area contributed by atoms with E-state index in [4.69, 9.17) is 9.47 Å². The van der Waals surface area contributed by atoms with Crippen LogP contribution >= 0.6 is 0 Å². The largest absolute Gasteiger partial charge is 0.497 e. The summed E-state index contributed by atoms with van der Waals surface area (Å²) in [7, 11) is 3.00. The van der Waals surface area contributed by atoms with E-state index in [0.717, 1.165) is 6.42 Å². The van der Waals surface area contributed by atoms with Crippen molar-refractivity contribution in [1.29, 1.82) is 0 Å². The van der Waals surface area contributed by atoms with Crippen molar-refractivity contribution in [3.8, 4) is 11.5 Å². The quantitative estimate of drug-likeness (QED) is 0.921. The molecule has 1 amide bonds. The normalized spacial score (nSPS) is 21.3. The van der Waals surface area contributed by atoms with Gasteiger partial charge < -0.3 is 19.5 Å². The molecule has 0 radical (unpaired) electrons. The number of carbonyl (C=O) groups is 2. The van der Waals surface area contributed by atoms with E-state index >= 15 is 0 Å². The van der Waals surface area contributed by atoms with E-state index in [9.17, 15) is 14.7 Å². The van der Waals surface area contributed by atoms with Crippen molar-refractivity contribution < 1.29 is 24.2 Å². The minimum atomic E-state index is -0.965. The molecule has 2 rings (SSSR count). The molecule has 1 aliphatic heterocycles. The first-order valence-electron chi connectivity index (χ1n) is 7.23. The van der Waals surface area contributed by atoms with Crippen molar-refractivity contribution in [3.05, 3.63) is 23.8 Å². The molecule has 2 unspecified atom stereocenters. The minimum Gasteiger partial charge on any atom is -0.497 e. The zero-order chi connectivity index (χ0) is 16.3. The van der Waals surface area contributed by atoms with Gasteiger partial charge in [-0.25, -0.2) is 4.79 Å². The van der Waals surface area contributed by atoms with Crippen molar-refractivity contribution in [3.63, 3.8) is 0 Å². The lowest BCUT2D eigenvalue weighted by molar-refractivity contribution is -0.144. The van der Waals surface area contributed by atoms with Gasteiger partial charge in [-0.3, -0.25) is 4.79 Å². The summed E-state index contributed by atoms with van der Waals surface area (Å²) in [6.45, 7) is 2.44. The Hall–Kier alpha value is -2.24. The maximum absolute atomic E-state index is 12.7. The molecular formula is C16H21NO5. The summed E-state index contributed by atoms with van der Waals surface area (Å²) in [5, 5.41) is 9.39. The second kappa shape index (κ2) is 6.68. The highest BCUT2D eigenvalue weighted by Crippen LogP contribution is 2.29. The van der Waals surface area contributed by atoms with Crippen LogP contribution < -0.4 is 9.47 Å². The number of benzene rings is 1. The topological polar surface area (TPSA) is 76.1 Å². The van der Waals surface area contributed by atoms with Gasteiger partial charge in [0, 0.05) is 12.6 Å². The van der Waals surface area contributed by atoms with Gasteiger partial charge in [-0.1, -0.05) is 6.92 Å². The fourth-order valence-electron chi connectivity index (χ4n) is 2.75. The molecule has 0 bridgehead atoms. The van der Waals surface area contributed by atoms with E-state index in [-0.39, 0.29) is 5.91 Å². The average Bonchev–Trinajstić information content (AvgIpc) is 2.53. The number of methoxy groups -OCH3 is 2. The second-order valence-corrected chi connectivity index (χ2v) is 5.55. The number of carboxylic acid groups (broad SMARTS) is 1. The van der Waals surface area contributed by atoms with Crippen LogP contribution in [0.4, 0.5) is 0 Å². The molecule has 1 N–H and O–H groups in total. The van der Waals surface area contributed by atoms with E-state index in [1.807, 2.05) is 6.92 Å². The van der Waals surface area contributed by atoms with Crippen molar-refractivity contribution >= 4 is 11.9 Å². The molecule has 1 heterocycles. The molecule has 2 atom stereocenters. The Morgan fingerprint density at radius 1 is 1.27 bits per heavy atom. The first-order valence-corrected chi connectivity index (χ1v) is 7.23. The van der Waals surface area contributed by atoms with Gasteiger partial charge in [-0.05, 0) is 30.9 Å². The number of carboxylic acids is 1. The zero-order valence-electron chi connectivity index (χ0n) is 13.0. The van der Waals surface area contributed by atoms with Gasteiger partial charge in [0.05, 0.1) is 19.8 Å². The summed E-state index contributed by atoms with van der Waals surface area (Å²) in [5.74, 6) is -0.0309. The zero-order valence-corrected chi connectivity index (χ0v) is 13.0. The van der Waals surface area contributed by atoms with Gasteiger partial charge in [0.2, 0.25) is 0 Å². The van der Waals surface area contributed by atoms with E-state index in [1.165, 1.54) is 19.1 Å². The van der Waals surface area contributed by atoms with E-state index in [1.54, 1.807) is 18.2 Å². The number of hydrogen-bond donors (Lipinski definition) is 1. The third-order valence-electron chi connectivity index (χ3n) is 4.05. The molecule has 22 heavy (non-hydrogen) atoms. The Bertz CT molecular complexity index is 572. The highest BCUT2D eigenvalue weighted by Gasteiger charge is 2.36. The molecule has 6 heteroatoms. The number of nitrogens with zero attached hydrogens (tertiary/aromatic N) is 1. The Labute approximate surface area is 129 Å². The van der Waals surface area contributed by atoms with Crippen LogP contribution in [0.1, 0.15) is 30.1 Å². The molecule has 0 saturated carbocycles. The third-order valence-corrected chi connectivity index (χ3v) is 4.05. The van der Waals surface area contributed by atoms with Crippen molar-refractivity contribution in [2.75, 3.05) is 20.8 Å². The Balaban J connectivity index is 2.32. The molecule has 1 saturated heterocycles. The summed E-state index contributed by atoms with van der Waals surface area (Å²) in [6, 6.07) is 4.10. The summed E-state index contributed by atoms with van der Waals surface area (Å²) in [4.78, 5) is 25.6. The fourth-order valence-corrected chi connectivity index (χ4v) is 2.75. The number of piperidine rings is 1. The first-order chi connectivity index (χ1) is 10.5. The number of hydrogen-bond acceptors (Lipinski definition) is 4. The van der Waals surface area contributed by atoms with E-state index in [0.29, 0.717) is 35.9 Å². The fraction of sp³-hybridized carbons (Fsp3) is 0.500. The molecule has 1 aromatic rings. The van der Waals surface area contributed by atoms with Gasteiger partial charge in [0.25, 0.3) is 5.91 Å². The van der Waals surface area contributed by atoms with Gasteiger partial charge in [0.1, 0.15) is 17.5 Å². The second-order valence-electron chi connectivity index (χ2n) is 5.55. The highest BCUT2D eigenvalue weighted by atomic mass is 16.5. The summed E-state index contributed by atoms with van der Waals surface area (Å²) >= 11 is 0. The molecule has 1 fully saturated rings. The predicted molar refractivity (Wildman–Crippen MR) is 80.4 cm³/mol. The summed E-state index contributed by atoms with van der Waals surface area (Å²) in [5.41, 5.74) is 0.351. The number of carbonyl (C=O) groups excluding carboxylic acids is 1. The molecule has 0 aromatic heterocycles. The molecular weight excluding hydrogens is 286 g/mol. The van der Waals surface area contributed by atoms with Gasteiger partial charge in [0.15, 0.2) is 0 Å². The van der Waals surface area contributed by atoms with E-state index in [2.05, 4.69) is 0 Å². The number of amides is 1. The van der Waals surface area contributed by atoms with Crippen LogP contribution in [0.5, 0.6) is 11.5 Å². The van der Waals surface area contributed by atoms with Crippen LogP contribution in [0, 0.1) is 5.92 Å². The number of likely N-dealkylation sites (tertiary alicyclic amines) is 1. The van der Waals surface area contributed by atoms with Crippen LogP contribution in [0.2, 0.25) is 0 Å². The first kappa shape index (κ1) is 16.1. The van der Waals surface area contributed by atoms with Crippen LogP contribution in [0.15, 0.2) is 18.2 Å². The summed E-state index contributed by atoms with van der Waals surface area (Å²) < 4.78 is 10.4.